The summed E-state index contributed by atoms with van der Waals surface area (Å²) >= 11 is 5.24. The second-order valence-electron chi connectivity index (χ2n) is 4.52. The van der Waals surface area contributed by atoms with Crippen LogP contribution in [0.3, 0.4) is 0 Å². The van der Waals surface area contributed by atoms with Gasteiger partial charge in [0.25, 0.3) is 0 Å². The van der Waals surface area contributed by atoms with Gasteiger partial charge in [-0.2, -0.15) is 0 Å². The molecular weight excluding hydrogens is 244 g/mol. The summed E-state index contributed by atoms with van der Waals surface area (Å²) in [5.74, 6) is 0.434. The first kappa shape index (κ1) is 14.9. The van der Waals surface area contributed by atoms with Crippen molar-refractivity contribution in [1.29, 1.82) is 0 Å². The minimum Gasteiger partial charge on any atom is -0.383 e. The van der Waals surface area contributed by atoms with Gasteiger partial charge in [0.1, 0.15) is 0 Å². The summed E-state index contributed by atoms with van der Waals surface area (Å²) in [5, 5.41) is 7.10. The number of methoxy groups -OCH3 is 1. The van der Waals surface area contributed by atoms with Gasteiger partial charge >= 0.3 is 0 Å². The highest BCUT2D eigenvalue weighted by atomic mass is 32.1. The van der Waals surface area contributed by atoms with E-state index in [0.29, 0.717) is 17.6 Å². The smallest absolute Gasteiger partial charge is 0.166 e. The van der Waals surface area contributed by atoms with E-state index in [1.165, 1.54) is 5.56 Å². The average Bonchev–Trinajstić information content (AvgIpc) is 2.37. The Kier molecular flexibility index (Phi) is 6.68. The molecule has 18 heavy (non-hydrogen) atoms. The molecule has 0 aliphatic carbocycles. The number of thiocarbonyl (C=S) groups is 1. The summed E-state index contributed by atoms with van der Waals surface area (Å²) in [7, 11) is 1.69. The second-order valence-corrected chi connectivity index (χ2v) is 4.93. The van der Waals surface area contributed by atoms with Crippen LogP contribution in [0.15, 0.2) is 30.3 Å². The zero-order valence-electron chi connectivity index (χ0n) is 11.3. The van der Waals surface area contributed by atoms with Crippen LogP contribution in [-0.4, -0.2) is 31.4 Å². The first-order chi connectivity index (χ1) is 8.63. The van der Waals surface area contributed by atoms with Crippen LogP contribution in [0, 0.1) is 0 Å². The second kappa shape index (κ2) is 8.06. The monoisotopic (exact) mass is 266 g/mol. The summed E-state index contributed by atoms with van der Waals surface area (Å²) in [6.07, 6.45) is 0. The van der Waals surface area contributed by atoms with Crippen LogP contribution in [0.5, 0.6) is 0 Å². The maximum atomic E-state index is 5.24. The number of hydrogen-bond donors (Lipinski definition) is 2. The quantitative estimate of drug-likeness (QED) is 0.774. The van der Waals surface area contributed by atoms with Crippen LogP contribution in [-0.2, 0) is 4.74 Å². The van der Waals surface area contributed by atoms with Crippen LogP contribution in [0.1, 0.15) is 25.3 Å². The number of nitrogens with one attached hydrogen (secondary N) is 2. The lowest BCUT2D eigenvalue weighted by Gasteiger charge is -2.18. The zero-order chi connectivity index (χ0) is 13.4. The SMILES string of the molecule is COCC(C)NC(=S)NCC(C)c1ccccc1. The van der Waals surface area contributed by atoms with Crippen LogP contribution in [0.25, 0.3) is 0 Å². The van der Waals surface area contributed by atoms with Crippen molar-refractivity contribution in [2.75, 3.05) is 20.3 Å². The predicted octanol–water partition coefficient (Wildman–Crippen LogP) is 2.29. The predicted molar refractivity (Wildman–Crippen MR) is 79.9 cm³/mol. The third-order valence-electron chi connectivity index (χ3n) is 2.73. The van der Waals surface area contributed by atoms with E-state index < -0.39 is 0 Å². The highest BCUT2D eigenvalue weighted by Gasteiger charge is 2.07. The Hall–Kier alpha value is -1.13. The van der Waals surface area contributed by atoms with E-state index in [1.54, 1.807) is 7.11 Å². The van der Waals surface area contributed by atoms with Crippen LogP contribution in [0.4, 0.5) is 0 Å². The van der Waals surface area contributed by atoms with Crippen molar-refractivity contribution in [1.82, 2.24) is 10.6 Å². The fourth-order valence-electron chi connectivity index (χ4n) is 1.71. The lowest BCUT2D eigenvalue weighted by molar-refractivity contribution is 0.179. The molecule has 0 amide bonds. The maximum Gasteiger partial charge on any atom is 0.166 e. The van der Waals surface area contributed by atoms with Crippen LogP contribution < -0.4 is 10.6 Å². The number of ether oxygens (including phenoxy) is 1. The Labute approximate surface area is 115 Å². The Morgan fingerprint density at radius 3 is 2.56 bits per heavy atom. The van der Waals surface area contributed by atoms with Crippen LogP contribution in [0.2, 0.25) is 0 Å². The van der Waals surface area contributed by atoms with Gasteiger partial charge in [0, 0.05) is 19.7 Å². The van der Waals surface area contributed by atoms with Gasteiger partial charge in [-0.25, -0.2) is 0 Å². The minimum absolute atomic E-state index is 0.224. The molecule has 0 aliphatic heterocycles. The number of hydrogen-bond acceptors (Lipinski definition) is 2. The first-order valence-corrected chi connectivity index (χ1v) is 6.62. The molecule has 0 aromatic heterocycles. The van der Waals surface area contributed by atoms with Gasteiger partial charge in [-0.1, -0.05) is 37.3 Å². The third-order valence-corrected chi connectivity index (χ3v) is 2.99. The molecule has 0 fully saturated rings. The fourth-order valence-corrected chi connectivity index (χ4v) is 2.00. The lowest BCUT2D eigenvalue weighted by Crippen LogP contribution is -2.43. The van der Waals surface area contributed by atoms with Gasteiger partial charge in [-0.15, -0.1) is 0 Å². The van der Waals surface area contributed by atoms with E-state index in [2.05, 4.69) is 41.8 Å². The summed E-state index contributed by atoms with van der Waals surface area (Å²) < 4.78 is 5.05. The standard InChI is InChI=1S/C14H22N2OS/c1-11(13-7-5-4-6-8-13)9-15-14(18)16-12(2)10-17-3/h4-8,11-12H,9-10H2,1-3H3,(H2,15,16,18). The lowest BCUT2D eigenvalue weighted by atomic mass is 10.0. The average molecular weight is 266 g/mol. The summed E-state index contributed by atoms with van der Waals surface area (Å²) in [5.41, 5.74) is 1.32. The molecule has 0 heterocycles. The van der Waals surface area contributed by atoms with Gasteiger partial charge in [0.15, 0.2) is 5.11 Å². The Morgan fingerprint density at radius 1 is 1.28 bits per heavy atom. The van der Waals surface area contributed by atoms with E-state index in [1.807, 2.05) is 13.0 Å². The molecule has 0 bridgehead atoms. The highest BCUT2D eigenvalue weighted by Crippen LogP contribution is 2.12. The van der Waals surface area contributed by atoms with E-state index in [9.17, 15) is 0 Å². The molecule has 0 saturated carbocycles. The number of benzene rings is 1. The highest BCUT2D eigenvalue weighted by molar-refractivity contribution is 7.80. The minimum atomic E-state index is 0.224. The molecule has 1 aromatic rings. The summed E-state index contributed by atoms with van der Waals surface area (Å²) in [6, 6.07) is 10.6. The van der Waals surface area contributed by atoms with E-state index in [-0.39, 0.29) is 6.04 Å². The molecule has 1 aromatic carbocycles. The van der Waals surface area contributed by atoms with Crippen molar-refractivity contribution in [3.05, 3.63) is 35.9 Å². The van der Waals surface area contributed by atoms with Crippen molar-refractivity contribution >= 4 is 17.3 Å². The molecule has 0 saturated heterocycles. The van der Waals surface area contributed by atoms with Gasteiger partial charge in [0.2, 0.25) is 0 Å². The Morgan fingerprint density at radius 2 is 1.94 bits per heavy atom. The molecule has 3 nitrogen and oxygen atoms in total. The van der Waals surface area contributed by atoms with Crippen LogP contribution >= 0.6 is 12.2 Å². The molecule has 0 radical (unpaired) electrons. The largest absolute Gasteiger partial charge is 0.383 e. The molecule has 2 atom stereocenters. The van der Waals surface area contributed by atoms with Crippen molar-refractivity contribution < 1.29 is 4.74 Å². The molecule has 2 N–H and O–H groups in total. The summed E-state index contributed by atoms with van der Waals surface area (Å²) in [4.78, 5) is 0. The zero-order valence-corrected chi connectivity index (χ0v) is 12.1. The van der Waals surface area contributed by atoms with E-state index in [0.717, 1.165) is 6.54 Å². The van der Waals surface area contributed by atoms with E-state index >= 15 is 0 Å². The van der Waals surface area contributed by atoms with Gasteiger partial charge in [-0.3, -0.25) is 0 Å². The van der Waals surface area contributed by atoms with E-state index in [4.69, 9.17) is 17.0 Å². The van der Waals surface area contributed by atoms with Crippen molar-refractivity contribution in [2.45, 2.75) is 25.8 Å². The first-order valence-electron chi connectivity index (χ1n) is 6.21. The molecular formula is C14H22N2OS. The van der Waals surface area contributed by atoms with Crippen molar-refractivity contribution in [3.63, 3.8) is 0 Å². The Balaban J connectivity index is 2.30. The topological polar surface area (TPSA) is 33.3 Å². The molecule has 4 heteroatoms. The van der Waals surface area contributed by atoms with Gasteiger partial charge in [-0.05, 0) is 30.6 Å². The third kappa shape index (κ3) is 5.47. The van der Waals surface area contributed by atoms with Gasteiger partial charge in [0.05, 0.1) is 6.61 Å². The molecule has 0 aliphatic rings. The van der Waals surface area contributed by atoms with Gasteiger partial charge < -0.3 is 15.4 Å². The summed E-state index contributed by atoms with van der Waals surface area (Å²) in [6.45, 7) is 5.70. The molecule has 100 valence electrons. The normalized spacial score (nSPS) is 13.7. The van der Waals surface area contributed by atoms with Crippen molar-refractivity contribution in [2.24, 2.45) is 0 Å². The molecule has 1 rings (SSSR count). The molecule has 2 unspecified atom stereocenters. The van der Waals surface area contributed by atoms with Crippen molar-refractivity contribution in [3.8, 4) is 0 Å². The maximum absolute atomic E-state index is 5.24. The fraction of sp³-hybridized carbons (Fsp3) is 0.500. The Bertz CT molecular complexity index is 356. The molecule has 0 spiro atoms. The number of rotatable bonds is 6.